The predicted octanol–water partition coefficient (Wildman–Crippen LogP) is 7.57. The topological polar surface area (TPSA) is 18.5 Å². The first kappa shape index (κ1) is 22.9. The standard InChI is InChI=1S/C25H33F3O2/c1-2-3-4-5-18-29-23-14-10-21(11-15-23)19-6-8-20(9-7-19)22-12-16-24(17-13-22)30-25(26,27)28/h2-5,12-13,16-17,19-21,23H,6-11,14-15,18H2,1H3/t19-,20-,21-,23-. The van der Waals surface area contributed by atoms with E-state index in [2.05, 4.69) is 10.8 Å². The number of alkyl halides is 3. The maximum atomic E-state index is 12.3. The molecule has 0 bridgehead atoms. The van der Waals surface area contributed by atoms with Crippen molar-refractivity contribution in [2.75, 3.05) is 6.61 Å². The minimum atomic E-state index is -4.63. The van der Waals surface area contributed by atoms with E-state index in [4.69, 9.17) is 4.74 Å². The van der Waals surface area contributed by atoms with E-state index >= 15 is 0 Å². The third kappa shape index (κ3) is 7.19. The quantitative estimate of drug-likeness (QED) is 0.422. The van der Waals surface area contributed by atoms with Gasteiger partial charge >= 0.3 is 6.36 Å². The van der Waals surface area contributed by atoms with Gasteiger partial charge in [-0.25, -0.2) is 0 Å². The molecule has 2 aliphatic carbocycles. The van der Waals surface area contributed by atoms with Crippen LogP contribution in [0.3, 0.4) is 0 Å². The SMILES string of the molecule is CC=CC=CCO[C@H]1CC[C@H]([C@H]2CC[C@H](c3ccc(OC(F)(F)F)cc3)CC2)CC1. The third-order valence-electron chi connectivity index (χ3n) is 6.61. The van der Waals surface area contributed by atoms with E-state index in [1.54, 1.807) is 12.1 Å². The molecule has 2 fully saturated rings. The van der Waals surface area contributed by atoms with Crippen LogP contribution in [0.25, 0.3) is 0 Å². The van der Waals surface area contributed by atoms with E-state index in [0.717, 1.165) is 43.1 Å². The van der Waals surface area contributed by atoms with Crippen LogP contribution in [0.15, 0.2) is 48.6 Å². The Labute approximate surface area is 178 Å². The fourth-order valence-corrected chi connectivity index (χ4v) is 5.03. The van der Waals surface area contributed by atoms with Gasteiger partial charge < -0.3 is 9.47 Å². The highest BCUT2D eigenvalue weighted by Gasteiger charge is 2.32. The Kier molecular flexibility index (Phi) is 8.43. The van der Waals surface area contributed by atoms with Crippen LogP contribution < -0.4 is 4.74 Å². The molecule has 2 nitrogen and oxygen atoms in total. The molecule has 0 unspecified atom stereocenters. The summed E-state index contributed by atoms with van der Waals surface area (Å²) in [5, 5.41) is 0. The van der Waals surface area contributed by atoms with E-state index in [-0.39, 0.29) is 5.75 Å². The summed E-state index contributed by atoms with van der Waals surface area (Å²) in [6.07, 6.45) is 13.4. The van der Waals surface area contributed by atoms with Crippen molar-refractivity contribution in [2.45, 2.75) is 76.7 Å². The Morgan fingerprint density at radius 2 is 1.47 bits per heavy atom. The van der Waals surface area contributed by atoms with E-state index in [9.17, 15) is 13.2 Å². The van der Waals surface area contributed by atoms with Gasteiger partial charge in [0.15, 0.2) is 0 Å². The Bertz CT molecular complexity index is 677. The lowest BCUT2D eigenvalue weighted by Gasteiger charge is -2.38. The Morgan fingerprint density at radius 3 is 2.03 bits per heavy atom. The van der Waals surface area contributed by atoms with Gasteiger partial charge in [-0.1, -0.05) is 36.4 Å². The lowest BCUT2D eigenvalue weighted by molar-refractivity contribution is -0.274. The van der Waals surface area contributed by atoms with Crippen molar-refractivity contribution in [1.29, 1.82) is 0 Å². The molecular formula is C25H33F3O2. The van der Waals surface area contributed by atoms with Crippen LogP contribution in [0.2, 0.25) is 0 Å². The molecule has 0 spiro atoms. The lowest BCUT2D eigenvalue weighted by atomic mass is 9.69. The molecule has 5 heteroatoms. The average Bonchev–Trinajstić information content (AvgIpc) is 2.74. The van der Waals surface area contributed by atoms with E-state index in [1.807, 2.05) is 25.2 Å². The molecule has 2 aliphatic rings. The molecule has 3 rings (SSSR count). The first-order valence-corrected chi connectivity index (χ1v) is 11.2. The molecule has 0 atom stereocenters. The highest BCUT2D eigenvalue weighted by molar-refractivity contribution is 5.29. The van der Waals surface area contributed by atoms with Gasteiger partial charge in [0.2, 0.25) is 0 Å². The van der Waals surface area contributed by atoms with E-state index < -0.39 is 6.36 Å². The van der Waals surface area contributed by atoms with Crippen molar-refractivity contribution in [3.63, 3.8) is 0 Å². The molecule has 1 aromatic rings. The van der Waals surface area contributed by atoms with Crippen molar-refractivity contribution in [2.24, 2.45) is 11.8 Å². The molecular weight excluding hydrogens is 389 g/mol. The maximum Gasteiger partial charge on any atom is 0.573 e. The van der Waals surface area contributed by atoms with Crippen LogP contribution in [-0.4, -0.2) is 19.1 Å². The number of allylic oxidation sites excluding steroid dienone is 3. The van der Waals surface area contributed by atoms with E-state index in [1.165, 1.54) is 37.8 Å². The van der Waals surface area contributed by atoms with Crippen LogP contribution in [0.1, 0.15) is 69.8 Å². The molecule has 30 heavy (non-hydrogen) atoms. The van der Waals surface area contributed by atoms with Gasteiger partial charge in [0.05, 0.1) is 12.7 Å². The highest BCUT2D eigenvalue weighted by Crippen LogP contribution is 2.43. The van der Waals surface area contributed by atoms with Gasteiger partial charge in [0.25, 0.3) is 0 Å². The number of rotatable bonds is 7. The second-order valence-corrected chi connectivity index (χ2v) is 8.55. The van der Waals surface area contributed by atoms with Crippen molar-refractivity contribution in [1.82, 2.24) is 0 Å². The highest BCUT2D eigenvalue weighted by atomic mass is 19.4. The second-order valence-electron chi connectivity index (χ2n) is 8.55. The summed E-state index contributed by atoms with van der Waals surface area (Å²) in [6.45, 7) is 2.70. The van der Waals surface area contributed by atoms with Crippen LogP contribution in [-0.2, 0) is 4.74 Å². The molecule has 0 radical (unpaired) electrons. The molecule has 166 valence electrons. The summed E-state index contributed by atoms with van der Waals surface area (Å²) in [5.74, 6) is 1.89. The van der Waals surface area contributed by atoms with E-state index in [0.29, 0.717) is 18.6 Å². The molecule has 2 saturated carbocycles. The summed E-state index contributed by atoms with van der Waals surface area (Å²) in [6, 6.07) is 6.45. The minimum Gasteiger partial charge on any atom is -0.406 e. The maximum absolute atomic E-state index is 12.3. The van der Waals surface area contributed by atoms with Gasteiger partial charge in [0.1, 0.15) is 5.75 Å². The number of halogens is 3. The van der Waals surface area contributed by atoms with Gasteiger partial charge in [-0.05, 0) is 93.7 Å². The molecule has 0 aromatic heterocycles. The number of ether oxygens (including phenoxy) is 2. The summed E-state index contributed by atoms with van der Waals surface area (Å²) in [4.78, 5) is 0. The number of benzene rings is 1. The minimum absolute atomic E-state index is 0.142. The predicted molar refractivity (Wildman–Crippen MR) is 113 cm³/mol. The van der Waals surface area contributed by atoms with Crippen LogP contribution in [0, 0.1) is 11.8 Å². The van der Waals surface area contributed by atoms with Crippen LogP contribution in [0.5, 0.6) is 5.75 Å². The zero-order valence-corrected chi connectivity index (χ0v) is 17.7. The van der Waals surface area contributed by atoms with Gasteiger partial charge in [-0.2, -0.15) is 0 Å². The first-order chi connectivity index (χ1) is 14.4. The second kappa shape index (κ2) is 11.0. The van der Waals surface area contributed by atoms with Crippen molar-refractivity contribution in [3.05, 3.63) is 54.1 Å². The smallest absolute Gasteiger partial charge is 0.406 e. The molecule has 0 heterocycles. The Morgan fingerprint density at radius 1 is 0.867 bits per heavy atom. The molecule has 0 amide bonds. The zero-order chi connectivity index (χ0) is 21.4. The van der Waals surface area contributed by atoms with Gasteiger partial charge in [0, 0.05) is 0 Å². The molecule has 0 saturated heterocycles. The van der Waals surface area contributed by atoms with Crippen molar-refractivity contribution in [3.8, 4) is 5.75 Å². The van der Waals surface area contributed by atoms with Crippen LogP contribution >= 0.6 is 0 Å². The third-order valence-corrected chi connectivity index (χ3v) is 6.61. The largest absolute Gasteiger partial charge is 0.573 e. The Balaban J connectivity index is 1.39. The monoisotopic (exact) mass is 422 g/mol. The van der Waals surface area contributed by atoms with Gasteiger partial charge in [-0.15, -0.1) is 13.2 Å². The molecule has 0 aliphatic heterocycles. The van der Waals surface area contributed by atoms with Crippen LogP contribution in [0.4, 0.5) is 13.2 Å². The Hall–Kier alpha value is -1.75. The number of hydrogen-bond acceptors (Lipinski definition) is 2. The summed E-state index contributed by atoms with van der Waals surface area (Å²) in [5.41, 5.74) is 1.13. The normalized spacial score (nSPS) is 28.3. The molecule has 0 N–H and O–H groups in total. The molecule has 1 aromatic carbocycles. The van der Waals surface area contributed by atoms with Crippen molar-refractivity contribution >= 4 is 0 Å². The first-order valence-electron chi connectivity index (χ1n) is 11.2. The van der Waals surface area contributed by atoms with Crippen molar-refractivity contribution < 1.29 is 22.6 Å². The summed E-state index contributed by atoms with van der Waals surface area (Å²) < 4.78 is 46.9. The number of hydrogen-bond donors (Lipinski definition) is 0. The summed E-state index contributed by atoms with van der Waals surface area (Å²) in [7, 11) is 0. The van der Waals surface area contributed by atoms with Gasteiger partial charge in [-0.3, -0.25) is 0 Å². The average molecular weight is 423 g/mol. The fourth-order valence-electron chi connectivity index (χ4n) is 5.03. The zero-order valence-electron chi connectivity index (χ0n) is 17.7. The lowest BCUT2D eigenvalue weighted by Crippen LogP contribution is -2.28. The fraction of sp³-hybridized carbons (Fsp3) is 0.600. The summed E-state index contributed by atoms with van der Waals surface area (Å²) >= 11 is 0.